The molecule has 1 atom stereocenters. The van der Waals surface area contributed by atoms with Crippen molar-refractivity contribution in [3.05, 3.63) is 71.0 Å². The molecule has 5 heteroatoms. The monoisotopic (exact) mass is 396 g/mol. The van der Waals surface area contributed by atoms with Gasteiger partial charge in [0.25, 0.3) is 0 Å². The molecule has 1 aliphatic carbocycles. The average molecular weight is 397 g/mol. The predicted octanol–water partition coefficient (Wildman–Crippen LogP) is 4.15. The first kappa shape index (κ1) is 21.0. The molecule has 4 nitrogen and oxygen atoms in total. The molecular formula is C24H29FN2O2. The van der Waals surface area contributed by atoms with Crippen LogP contribution in [0.25, 0.3) is 0 Å². The molecule has 0 bridgehead atoms. The van der Waals surface area contributed by atoms with Crippen LogP contribution in [0.1, 0.15) is 49.3 Å². The van der Waals surface area contributed by atoms with E-state index < -0.39 is 11.9 Å². The Labute approximate surface area is 172 Å². The number of carbonyl (C=O) groups is 2. The van der Waals surface area contributed by atoms with Crippen molar-refractivity contribution < 1.29 is 14.0 Å². The largest absolute Gasteiger partial charge is 0.352 e. The van der Waals surface area contributed by atoms with Gasteiger partial charge in [0.2, 0.25) is 11.8 Å². The molecule has 2 aromatic rings. The highest BCUT2D eigenvalue weighted by atomic mass is 19.1. The second-order valence-electron chi connectivity index (χ2n) is 7.94. The van der Waals surface area contributed by atoms with Gasteiger partial charge in [-0.1, -0.05) is 60.9 Å². The molecular weight excluding hydrogens is 367 g/mol. The van der Waals surface area contributed by atoms with Crippen LogP contribution >= 0.6 is 0 Å². The Balaban J connectivity index is 1.78. The van der Waals surface area contributed by atoms with Crippen LogP contribution in [0.2, 0.25) is 0 Å². The molecule has 0 saturated heterocycles. The van der Waals surface area contributed by atoms with Gasteiger partial charge in [-0.05, 0) is 43.9 Å². The second-order valence-corrected chi connectivity index (χ2v) is 7.94. The minimum Gasteiger partial charge on any atom is -0.352 e. The summed E-state index contributed by atoms with van der Waals surface area (Å²) >= 11 is 0. The van der Waals surface area contributed by atoms with Crippen molar-refractivity contribution in [3.63, 3.8) is 0 Å². The number of amides is 2. The Morgan fingerprint density at radius 3 is 2.55 bits per heavy atom. The van der Waals surface area contributed by atoms with Gasteiger partial charge in [0, 0.05) is 12.6 Å². The van der Waals surface area contributed by atoms with Crippen LogP contribution in [-0.2, 0) is 22.6 Å². The smallest absolute Gasteiger partial charge is 0.242 e. The molecule has 1 saturated carbocycles. The Bertz CT molecular complexity index is 861. The number of hydrogen-bond donors (Lipinski definition) is 1. The molecule has 0 unspecified atom stereocenters. The number of hydrogen-bond acceptors (Lipinski definition) is 2. The van der Waals surface area contributed by atoms with Gasteiger partial charge in [0.1, 0.15) is 11.9 Å². The van der Waals surface area contributed by atoms with E-state index in [1.54, 1.807) is 30.0 Å². The molecule has 0 aliphatic heterocycles. The maximum absolute atomic E-state index is 14.1. The minimum absolute atomic E-state index is 0.0699. The lowest BCUT2D eigenvalue weighted by Gasteiger charge is -2.30. The fraction of sp³-hybridized carbons (Fsp3) is 0.417. The number of rotatable bonds is 7. The van der Waals surface area contributed by atoms with Crippen LogP contribution in [0.3, 0.4) is 0 Å². The molecule has 1 fully saturated rings. The first-order valence-corrected chi connectivity index (χ1v) is 10.3. The molecule has 2 aromatic carbocycles. The first-order chi connectivity index (χ1) is 13.9. The van der Waals surface area contributed by atoms with Crippen molar-refractivity contribution in [3.8, 4) is 0 Å². The number of nitrogens with zero attached hydrogens (tertiary/aromatic N) is 1. The zero-order chi connectivity index (χ0) is 20.8. The van der Waals surface area contributed by atoms with E-state index in [1.807, 2.05) is 31.2 Å². The number of aryl methyl sites for hydroxylation is 1. The van der Waals surface area contributed by atoms with Gasteiger partial charge in [-0.2, -0.15) is 0 Å². The molecule has 0 spiro atoms. The Kier molecular flexibility index (Phi) is 7.02. The van der Waals surface area contributed by atoms with Gasteiger partial charge in [-0.3, -0.25) is 9.59 Å². The van der Waals surface area contributed by atoms with Crippen LogP contribution in [0, 0.1) is 12.7 Å². The highest BCUT2D eigenvalue weighted by molar-refractivity contribution is 5.88. The Hall–Kier alpha value is -2.69. The molecule has 1 N–H and O–H groups in total. The SMILES string of the molecule is Cc1cccc(CN(C(=O)Cc2ccccc2F)[C@@H](C)C(=O)NC2CCCC2)c1. The summed E-state index contributed by atoms with van der Waals surface area (Å²) in [5, 5.41) is 3.08. The van der Waals surface area contributed by atoms with E-state index in [1.165, 1.54) is 6.07 Å². The van der Waals surface area contributed by atoms with E-state index in [9.17, 15) is 14.0 Å². The zero-order valence-corrected chi connectivity index (χ0v) is 17.2. The number of halogens is 1. The molecule has 2 amide bonds. The summed E-state index contributed by atoms with van der Waals surface area (Å²) in [6.07, 6.45) is 4.15. The number of nitrogens with one attached hydrogen (secondary N) is 1. The topological polar surface area (TPSA) is 49.4 Å². The van der Waals surface area contributed by atoms with Gasteiger partial charge < -0.3 is 10.2 Å². The van der Waals surface area contributed by atoms with Crippen molar-refractivity contribution >= 4 is 11.8 Å². The third-order valence-electron chi connectivity index (χ3n) is 5.60. The highest BCUT2D eigenvalue weighted by Gasteiger charge is 2.28. The van der Waals surface area contributed by atoms with Crippen LogP contribution in [0.5, 0.6) is 0 Å². The normalized spacial score (nSPS) is 15.1. The van der Waals surface area contributed by atoms with Gasteiger partial charge in [-0.15, -0.1) is 0 Å². The van der Waals surface area contributed by atoms with Gasteiger partial charge in [-0.25, -0.2) is 4.39 Å². The summed E-state index contributed by atoms with van der Waals surface area (Å²) < 4.78 is 14.1. The summed E-state index contributed by atoms with van der Waals surface area (Å²) in [7, 11) is 0. The lowest BCUT2D eigenvalue weighted by molar-refractivity contribution is -0.140. The van der Waals surface area contributed by atoms with E-state index in [2.05, 4.69) is 5.32 Å². The lowest BCUT2D eigenvalue weighted by Crippen LogP contribution is -2.50. The van der Waals surface area contributed by atoms with Crippen LogP contribution in [0.15, 0.2) is 48.5 Å². The van der Waals surface area contributed by atoms with Crippen LogP contribution in [-0.4, -0.2) is 28.8 Å². The third-order valence-corrected chi connectivity index (χ3v) is 5.60. The van der Waals surface area contributed by atoms with E-state index in [4.69, 9.17) is 0 Å². The average Bonchev–Trinajstić information content (AvgIpc) is 3.20. The fourth-order valence-electron chi connectivity index (χ4n) is 3.89. The molecule has 0 radical (unpaired) electrons. The summed E-state index contributed by atoms with van der Waals surface area (Å²) in [6.45, 7) is 4.05. The Morgan fingerprint density at radius 1 is 1.14 bits per heavy atom. The number of carbonyl (C=O) groups excluding carboxylic acids is 2. The summed E-state index contributed by atoms with van der Waals surface area (Å²) in [5.41, 5.74) is 2.38. The minimum atomic E-state index is -0.629. The third kappa shape index (κ3) is 5.66. The second kappa shape index (κ2) is 9.68. The van der Waals surface area contributed by atoms with Crippen molar-refractivity contribution in [2.24, 2.45) is 0 Å². The van der Waals surface area contributed by atoms with Crippen molar-refractivity contribution in [2.45, 2.75) is 64.6 Å². The lowest BCUT2D eigenvalue weighted by atomic mass is 10.1. The molecule has 29 heavy (non-hydrogen) atoms. The van der Waals surface area contributed by atoms with Gasteiger partial charge in [0.05, 0.1) is 6.42 Å². The van der Waals surface area contributed by atoms with Gasteiger partial charge in [0.15, 0.2) is 0 Å². The van der Waals surface area contributed by atoms with E-state index >= 15 is 0 Å². The van der Waals surface area contributed by atoms with Gasteiger partial charge >= 0.3 is 0 Å². The summed E-state index contributed by atoms with van der Waals surface area (Å²) in [5.74, 6) is -0.809. The van der Waals surface area contributed by atoms with Crippen molar-refractivity contribution in [1.82, 2.24) is 10.2 Å². The predicted molar refractivity (Wildman–Crippen MR) is 112 cm³/mol. The van der Waals surface area contributed by atoms with E-state index in [0.717, 1.165) is 36.8 Å². The number of benzene rings is 2. The van der Waals surface area contributed by atoms with Crippen LogP contribution < -0.4 is 5.32 Å². The quantitative estimate of drug-likeness (QED) is 0.764. The van der Waals surface area contributed by atoms with Crippen molar-refractivity contribution in [1.29, 1.82) is 0 Å². The van der Waals surface area contributed by atoms with Crippen LogP contribution in [0.4, 0.5) is 4.39 Å². The summed E-state index contributed by atoms with van der Waals surface area (Å²) in [6, 6.07) is 13.7. The molecule has 154 valence electrons. The zero-order valence-electron chi connectivity index (χ0n) is 17.2. The molecule has 0 aromatic heterocycles. The van der Waals surface area contributed by atoms with Crippen molar-refractivity contribution in [2.75, 3.05) is 0 Å². The van der Waals surface area contributed by atoms with E-state index in [0.29, 0.717) is 12.1 Å². The van der Waals surface area contributed by atoms with E-state index in [-0.39, 0.29) is 24.3 Å². The first-order valence-electron chi connectivity index (χ1n) is 10.3. The Morgan fingerprint density at radius 2 is 1.86 bits per heavy atom. The highest BCUT2D eigenvalue weighted by Crippen LogP contribution is 2.19. The molecule has 1 aliphatic rings. The molecule has 0 heterocycles. The standard InChI is InChI=1S/C24H29FN2O2/c1-17-8-7-9-19(14-17)16-27(18(2)24(29)26-21-11-4-5-12-21)23(28)15-20-10-3-6-13-22(20)25/h3,6-10,13-14,18,21H,4-5,11-12,15-16H2,1-2H3,(H,26,29)/t18-/m0/s1. The molecule has 3 rings (SSSR count). The summed E-state index contributed by atoms with van der Waals surface area (Å²) in [4.78, 5) is 27.5. The fourth-order valence-corrected chi connectivity index (χ4v) is 3.89. The maximum atomic E-state index is 14.1. The maximum Gasteiger partial charge on any atom is 0.242 e.